The SMILES string of the molecule is CCCCCCCCCCCCOC[C@H](CSC[C@H](N)CNCCOCCOCC(=O)C(F)(F)P(=O)(O)O)NC(=O)CCCCCCCCCCC. The number of carbonyl (C=O) groups excluding carboxylic acids is 2. The summed E-state index contributed by atoms with van der Waals surface area (Å²) in [6, 6.07) is -0.200. The van der Waals surface area contributed by atoms with Crippen molar-refractivity contribution in [2.75, 3.05) is 64.2 Å². The average Bonchev–Trinajstić information content (AvgIpc) is 3.09. The third-order valence-corrected chi connectivity index (χ3v) is 10.9. The molecule has 6 N–H and O–H groups in total. The number of amides is 1. The first-order chi connectivity index (χ1) is 25.0. The quantitative estimate of drug-likeness (QED) is 0.0311. The van der Waals surface area contributed by atoms with Crippen LogP contribution in [0.5, 0.6) is 0 Å². The summed E-state index contributed by atoms with van der Waals surface area (Å²) < 4.78 is 53.3. The van der Waals surface area contributed by atoms with E-state index >= 15 is 0 Å². The summed E-state index contributed by atoms with van der Waals surface area (Å²) in [7, 11) is -5.89. The van der Waals surface area contributed by atoms with E-state index in [0.29, 0.717) is 50.8 Å². The number of carbonyl (C=O) groups is 2. The lowest BCUT2D eigenvalue weighted by Crippen LogP contribution is -2.41. The van der Waals surface area contributed by atoms with Gasteiger partial charge in [-0.1, -0.05) is 123 Å². The summed E-state index contributed by atoms with van der Waals surface area (Å²) in [5, 5.41) is 6.39. The van der Waals surface area contributed by atoms with E-state index < -0.39 is 25.6 Å². The van der Waals surface area contributed by atoms with E-state index in [4.69, 9.17) is 29.7 Å². The van der Waals surface area contributed by atoms with Crippen molar-refractivity contribution in [3.05, 3.63) is 0 Å². The monoisotopic (exact) mass is 789 g/mol. The van der Waals surface area contributed by atoms with Crippen LogP contribution in [-0.4, -0.2) is 103 Å². The summed E-state index contributed by atoms with van der Waals surface area (Å²) in [5.74, 6) is -0.494. The third kappa shape index (κ3) is 30.6. The van der Waals surface area contributed by atoms with E-state index in [1.165, 1.54) is 103 Å². The highest BCUT2D eigenvalue weighted by molar-refractivity contribution is 7.99. The minimum Gasteiger partial charge on any atom is -0.379 e. The molecule has 1 amide bonds. The maximum Gasteiger partial charge on any atom is 0.404 e. The molecule has 310 valence electrons. The van der Waals surface area contributed by atoms with Crippen LogP contribution in [0.3, 0.4) is 0 Å². The van der Waals surface area contributed by atoms with Crippen LogP contribution < -0.4 is 16.4 Å². The van der Waals surface area contributed by atoms with Crippen LogP contribution in [0.1, 0.15) is 142 Å². The number of rotatable bonds is 40. The zero-order valence-corrected chi connectivity index (χ0v) is 34.1. The Hall–Kier alpha value is -0.700. The topological polar surface area (TPSA) is 169 Å². The number of thioether (sulfide) groups is 1. The van der Waals surface area contributed by atoms with Crippen molar-refractivity contribution < 1.29 is 46.9 Å². The number of halogens is 2. The minimum atomic E-state index is -5.89. The fourth-order valence-electron chi connectivity index (χ4n) is 5.43. The van der Waals surface area contributed by atoms with Gasteiger partial charge in [0.2, 0.25) is 11.7 Å². The Bertz CT molecular complexity index is 907. The summed E-state index contributed by atoms with van der Waals surface area (Å²) in [5.41, 5.74) is 1.52. The van der Waals surface area contributed by atoms with Gasteiger partial charge in [-0.3, -0.25) is 14.2 Å². The molecule has 0 bridgehead atoms. The second-order valence-corrected chi connectivity index (χ2v) is 16.5. The van der Waals surface area contributed by atoms with Crippen molar-refractivity contribution >= 4 is 31.0 Å². The molecule has 0 aromatic rings. The van der Waals surface area contributed by atoms with Gasteiger partial charge in [-0.15, -0.1) is 0 Å². The predicted molar refractivity (Wildman–Crippen MR) is 208 cm³/mol. The van der Waals surface area contributed by atoms with Gasteiger partial charge >= 0.3 is 13.3 Å². The summed E-state index contributed by atoms with van der Waals surface area (Å²) in [4.78, 5) is 41.2. The molecule has 0 fully saturated rings. The van der Waals surface area contributed by atoms with Gasteiger partial charge in [-0.2, -0.15) is 20.5 Å². The van der Waals surface area contributed by atoms with E-state index in [-0.39, 0.29) is 31.2 Å². The normalized spacial score (nSPS) is 13.4. The molecule has 0 unspecified atom stereocenters. The first-order valence-corrected chi connectivity index (χ1v) is 22.8. The van der Waals surface area contributed by atoms with Crippen LogP contribution >= 0.6 is 19.4 Å². The number of unbranched alkanes of at least 4 members (excludes halogenated alkanes) is 17. The smallest absolute Gasteiger partial charge is 0.379 e. The summed E-state index contributed by atoms with van der Waals surface area (Å²) in [6.07, 6.45) is 24.2. The molecule has 15 heteroatoms. The third-order valence-electron chi connectivity index (χ3n) is 8.62. The van der Waals surface area contributed by atoms with Gasteiger partial charge in [0.25, 0.3) is 0 Å². The van der Waals surface area contributed by atoms with Crippen LogP contribution in [0.25, 0.3) is 0 Å². The summed E-state index contributed by atoms with van der Waals surface area (Å²) in [6.45, 7) is 5.70. The van der Waals surface area contributed by atoms with Crippen LogP contribution in [0.2, 0.25) is 0 Å². The van der Waals surface area contributed by atoms with Crippen molar-refractivity contribution in [2.24, 2.45) is 5.73 Å². The molecule has 0 aromatic carbocycles. The number of hydrogen-bond acceptors (Lipinski definition) is 9. The average molecular weight is 790 g/mol. The standard InChI is InChI=1S/C37H74F2N3O8PS/c1-3-5-7-9-11-13-15-17-19-21-24-49-29-34(42-36(44)22-20-18-16-14-12-10-8-6-4-2)32-52-31-33(40)28-41-23-25-48-26-27-50-30-35(43)37(38,39)51(45,46)47/h33-34,41H,3-32,40H2,1-2H3,(H,42,44)(H2,45,46,47)/t33-,34-/m1/s1. The molecule has 2 atom stereocenters. The maximum absolute atomic E-state index is 13.3. The first-order valence-electron chi connectivity index (χ1n) is 20.0. The number of ketones is 1. The van der Waals surface area contributed by atoms with E-state index in [1.807, 2.05) is 0 Å². The molecule has 0 aliphatic rings. The van der Waals surface area contributed by atoms with Crippen molar-refractivity contribution in [2.45, 2.75) is 160 Å². The fraction of sp³-hybridized carbons (Fsp3) is 0.946. The van der Waals surface area contributed by atoms with Crippen LogP contribution in [0.15, 0.2) is 0 Å². The van der Waals surface area contributed by atoms with E-state index in [2.05, 4.69) is 24.5 Å². The maximum atomic E-state index is 13.3. The molecule has 52 heavy (non-hydrogen) atoms. The Morgan fingerprint density at radius 3 is 1.81 bits per heavy atom. The predicted octanol–water partition coefficient (Wildman–Crippen LogP) is 7.35. The van der Waals surface area contributed by atoms with Crippen LogP contribution in [-0.2, 0) is 28.4 Å². The second kappa shape index (κ2) is 34.8. The van der Waals surface area contributed by atoms with Gasteiger partial charge in [-0.25, -0.2) is 0 Å². The molecule has 0 rings (SSSR count). The Morgan fingerprint density at radius 2 is 1.25 bits per heavy atom. The van der Waals surface area contributed by atoms with Crippen LogP contribution in [0, 0.1) is 0 Å². The van der Waals surface area contributed by atoms with E-state index in [1.54, 1.807) is 11.8 Å². The van der Waals surface area contributed by atoms with Gasteiger partial charge in [0.1, 0.15) is 6.61 Å². The van der Waals surface area contributed by atoms with Crippen molar-refractivity contribution in [1.82, 2.24) is 10.6 Å². The highest BCUT2D eigenvalue weighted by atomic mass is 32.2. The van der Waals surface area contributed by atoms with Crippen molar-refractivity contribution in [3.8, 4) is 0 Å². The molecule has 0 saturated carbocycles. The molecular weight excluding hydrogens is 715 g/mol. The number of hydrogen-bond donors (Lipinski definition) is 5. The molecule has 0 heterocycles. The lowest BCUT2D eigenvalue weighted by Gasteiger charge is -2.20. The Morgan fingerprint density at radius 1 is 0.731 bits per heavy atom. The Balaban J connectivity index is 4.27. The second-order valence-electron chi connectivity index (χ2n) is 13.8. The molecule has 0 radical (unpaired) electrons. The molecule has 0 aliphatic heterocycles. The first kappa shape index (κ1) is 51.3. The van der Waals surface area contributed by atoms with Crippen molar-refractivity contribution in [3.63, 3.8) is 0 Å². The van der Waals surface area contributed by atoms with Gasteiger partial charge in [0, 0.05) is 43.7 Å². The molecule has 0 aromatic heterocycles. The Labute approximate surface area is 317 Å². The lowest BCUT2D eigenvalue weighted by atomic mass is 10.1. The fourth-order valence-corrected chi connectivity index (χ4v) is 6.84. The van der Waals surface area contributed by atoms with E-state index in [0.717, 1.165) is 19.3 Å². The summed E-state index contributed by atoms with van der Waals surface area (Å²) >= 11 is 1.68. The highest BCUT2D eigenvalue weighted by Crippen LogP contribution is 2.53. The number of nitrogens with two attached hydrogens (primary N) is 1. The zero-order chi connectivity index (χ0) is 38.8. The van der Waals surface area contributed by atoms with Gasteiger partial charge < -0.3 is 40.4 Å². The number of nitrogens with one attached hydrogen (secondary N) is 2. The van der Waals surface area contributed by atoms with Gasteiger partial charge in [0.15, 0.2) is 0 Å². The molecule has 0 spiro atoms. The zero-order valence-electron chi connectivity index (χ0n) is 32.4. The highest BCUT2D eigenvalue weighted by Gasteiger charge is 2.55. The Kier molecular flexibility index (Phi) is 34.3. The molecular formula is C37H74F2N3O8PS. The van der Waals surface area contributed by atoms with Crippen LogP contribution in [0.4, 0.5) is 8.78 Å². The number of alkyl halides is 2. The van der Waals surface area contributed by atoms with Crippen molar-refractivity contribution in [1.29, 1.82) is 0 Å². The van der Waals surface area contributed by atoms with Gasteiger partial charge in [-0.05, 0) is 12.8 Å². The largest absolute Gasteiger partial charge is 0.404 e. The van der Waals surface area contributed by atoms with E-state index in [9.17, 15) is 22.9 Å². The molecule has 11 nitrogen and oxygen atoms in total. The molecule has 0 aliphatic carbocycles. The van der Waals surface area contributed by atoms with Gasteiger partial charge in [0.05, 0.1) is 32.5 Å². The number of Topliss-reactive ketones (excluding diaryl/α,β-unsaturated/α-hetero) is 1. The lowest BCUT2D eigenvalue weighted by molar-refractivity contribution is -0.140. The molecule has 0 saturated heterocycles. The number of ether oxygens (including phenoxy) is 3. The minimum absolute atomic E-state index is 0.0197.